The third-order valence-electron chi connectivity index (χ3n) is 5.83. The lowest BCUT2D eigenvalue weighted by Gasteiger charge is -2.08. The highest BCUT2D eigenvalue weighted by Crippen LogP contribution is 2.18. The highest BCUT2D eigenvalue weighted by atomic mass is 16.6. The minimum Gasteiger partial charge on any atom is -0.494 e. The quantitative estimate of drug-likeness (QED) is 0.0841. The number of rotatable bonds is 16. The van der Waals surface area contributed by atoms with E-state index in [9.17, 15) is 9.59 Å². The van der Waals surface area contributed by atoms with Crippen molar-refractivity contribution in [2.24, 2.45) is 4.99 Å². The predicted molar refractivity (Wildman–Crippen MR) is 153 cm³/mol. The van der Waals surface area contributed by atoms with Crippen LogP contribution in [0.5, 0.6) is 11.5 Å². The summed E-state index contributed by atoms with van der Waals surface area (Å²) >= 11 is 0. The zero-order chi connectivity index (χ0) is 27.7. The molecular weight excluding hydrogens is 494 g/mol. The fourth-order valence-electron chi connectivity index (χ4n) is 3.62. The molecule has 0 heterocycles. The van der Waals surface area contributed by atoms with Gasteiger partial charge in [-0.15, -0.1) is 0 Å². The van der Waals surface area contributed by atoms with Gasteiger partial charge in [0.15, 0.2) is 0 Å². The van der Waals surface area contributed by atoms with E-state index in [0.29, 0.717) is 42.4 Å². The zero-order valence-electron chi connectivity index (χ0n) is 22.8. The van der Waals surface area contributed by atoms with Crippen LogP contribution in [0.25, 0.3) is 0 Å². The molecule has 0 aromatic heterocycles. The average molecular weight is 532 g/mol. The van der Waals surface area contributed by atoms with Gasteiger partial charge in [0, 0.05) is 12.8 Å². The zero-order valence-corrected chi connectivity index (χ0v) is 22.8. The Morgan fingerprint density at radius 1 is 0.692 bits per heavy atom. The number of benzene rings is 3. The molecular formula is C32H37NO6. The van der Waals surface area contributed by atoms with Crippen molar-refractivity contribution in [2.45, 2.75) is 46.0 Å². The van der Waals surface area contributed by atoms with Gasteiger partial charge in [-0.25, -0.2) is 9.59 Å². The fraction of sp³-hybridized carbons (Fsp3) is 0.344. The Kier molecular flexibility index (Phi) is 12.7. The number of hydrogen-bond acceptors (Lipinski definition) is 7. The average Bonchev–Trinajstić information content (AvgIpc) is 2.97. The SMILES string of the molecule is CCCCCCCOc1ccc(C(=O)Oc2ccc(C=Nc3ccc(C(=O)OCCOCC)cc3)cc2)cc1. The summed E-state index contributed by atoms with van der Waals surface area (Å²) < 4.78 is 21.6. The van der Waals surface area contributed by atoms with Gasteiger partial charge in [0.05, 0.1) is 30.0 Å². The molecule has 0 unspecified atom stereocenters. The maximum absolute atomic E-state index is 12.5. The molecule has 0 bridgehead atoms. The van der Waals surface area contributed by atoms with Crippen LogP contribution < -0.4 is 9.47 Å². The minimum atomic E-state index is -0.431. The van der Waals surface area contributed by atoms with Crippen LogP contribution in [0.15, 0.2) is 77.8 Å². The molecule has 3 aromatic carbocycles. The third kappa shape index (κ3) is 10.7. The van der Waals surface area contributed by atoms with Crippen molar-refractivity contribution in [2.75, 3.05) is 26.4 Å². The van der Waals surface area contributed by atoms with Crippen LogP contribution in [0, 0.1) is 0 Å². The molecule has 0 saturated heterocycles. The van der Waals surface area contributed by atoms with Crippen LogP contribution in [-0.2, 0) is 9.47 Å². The van der Waals surface area contributed by atoms with Gasteiger partial charge in [0.25, 0.3) is 0 Å². The standard InChI is InChI=1S/C32H37NO6/c1-3-5-6-7-8-21-37-29-19-13-27(14-20-29)32(35)39-30-17-9-25(10-18-30)24-33-28-15-11-26(12-16-28)31(34)38-23-22-36-4-2/h9-20,24H,3-8,21-23H2,1-2H3. The maximum Gasteiger partial charge on any atom is 0.343 e. The monoisotopic (exact) mass is 531 g/mol. The van der Waals surface area contributed by atoms with E-state index in [2.05, 4.69) is 11.9 Å². The molecule has 0 saturated carbocycles. The summed E-state index contributed by atoms with van der Waals surface area (Å²) in [7, 11) is 0. The van der Waals surface area contributed by atoms with E-state index in [1.54, 1.807) is 66.9 Å². The Bertz CT molecular complexity index is 1170. The molecule has 0 N–H and O–H groups in total. The lowest BCUT2D eigenvalue weighted by atomic mass is 10.2. The van der Waals surface area contributed by atoms with Crippen molar-refractivity contribution >= 4 is 23.8 Å². The molecule has 0 aliphatic rings. The van der Waals surface area contributed by atoms with Crippen molar-refractivity contribution < 1.29 is 28.5 Å². The summed E-state index contributed by atoms with van der Waals surface area (Å²) in [5.41, 5.74) is 2.44. The molecule has 7 nitrogen and oxygen atoms in total. The normalized spacial score (nSPS) is 10.9. The van der Waals surface area contributed by atoms with Crippen LogP contribution in [0.1, 0.15) is 72.2 Å². The first-order valence-corrected chi connectivity index (χ1v) is 13.5. The van der Waals surface area contributed by atoms with Crippen molar-refractivity contribution in [1.82, 2.24) is 0 Å². The first-order valence-electron chi connectivity index (χ1n) is 13.5. The summed E-state index contributed by atoms with van der Waals surface area (Å²) in [4.78, 5) is 29.0. The van der Waals surface area contributed by atoms with Crippen molar-refractivity contribution in [1.29, 1.82) is 0 Å². The maximum atomic E-state index is 12.5. The second-order valence-corrected chi connectivity index (χ2v) is 8.88. The Hall–Kier alpha value is -3.97. The number of ether oxygens (including phenoxy) is 4. The number of carbonyl (C=O) groups excluding carboxylic acids is 2. The van der Waals surface area contributed by atoms with Gasteiger partial charge in [0.2, 0.25) is 0 Å². The third-order valence-corrected chi connectivity index (χ3v) is 5.83. The Morgan fingerprint density at radius 3 is 2.03 bits per heavy atom. The van der Waals surface area contributed by atoms with E-state index in [4.69, 9.17) is 18.9 Å². The smallest absolute Gasteiger partial charge is 0.343 e. The molecule has 0 spiro atoms. The van der Waals surface area contributed by atoms with Gasteiger partial charge in [-0.3, -0.25) is 4.99 Å². The molecule has 39 heavy (non-hydrogen) atoms. The molecule has 0 radical (unpaired) electrons. The van der Waals surface area contributed by atoms with Gasteiger partial charge < -0.3 is 18.9 Å². The number of aliphatic imine (C=N–C) groups is 1. The van der Waals surface area contributed by atoms with Gasteiger partial charge in [-0.2, -0.15) is 0 Å². The molecule has 0 aliphatic carbocycles. The molecule has 206 valence electrons. The summed E-state index contributed by atoms with van der Waals surface area (Å²) in [6.07, 6.45) is 7.63. The van der Waals surface area contributed by atoms with Crippen LogP contribution in [-0.4, -0.2) is 44.6 Å². The van der Waals surface area contributed by atoms with E-state index < -0.39 is 11.9 Å². The number of nitrogens with zero attached hydrogens (tertiary/aromatic N) is 1. The van der Waals surface area contributed by atoms with E-state index in [0.717, 1.165) is 17.7 Å². The van der Waals surface area contributed by atoms with E-state index in [1.807, 2.05) is 19.1 Å². The van der Waals surface area contributed by atoms with Crippen molar-refractivity contribution in [3.63, 3.8) is 0 Å². The highest BCUT2D eigenvalue weighted by Gasteiger charge is 2.09. The summed E-state index contributed by atoms with van der Waals surface area (Å²) in [5.74, 6) is 0.362. The molecule has 3 rings (SSSR count). The second-order valence-electron chi connectivity index (χ2n) is 8.88. The van der Waals surface area contributed by atoms with Crippen LogP contribution in [0.4, 0.5) is 5.69 Å². The van der Waals surface area contributed by atoms with E-state index >= 15 is 0 Å². The Labute approximate surface area is 230 Å². The number of unbranched alkanes of at least 4 members (excludes halogenated alkanes) is 4. The Morgan fingerprint density at radius 2 is 1.33 bits per heavy atom. The summed E-state index contributed by atoms with van der Waals surface area (Å²) in [5, 5.41) is 0. The predicted octanol–water partition coefficient (Wildman–Crippen LogP) is 7.20. The van der Waals surface area contributed by atoms with Crippen molar-refractivity contribution in [3.05, 3.63) is 89.5 Å². The molecule has 0 fully saturated rings. The van der Waals surface area contributed by atoms with E-state index in [-0.39, 0.29) is 6.61 Å². The van der Waals surface area contributed by atoms with Gasteiger partial charge in [-0.05, 0) is 91.7 Å². The second kappa shape index (κ2) is 16.8. The first-order chi connectivity index (χ1) is 19.1. The van der Waals surface area contributed by atoms with Crippen molar-refractivity contribution in [3.8, 4) is 11.5 Å². The van der Waals surface area contributed by atoms with Crippen LogP contribution in [0.2, 0.25) is 0 Å². The number of carbonyl (C=O) groups is 2. The summed E-state index contributed by atoms with van der Waals surface area (Å²) in [6.45, 7) is 5.95. The van der Waals surface area contributed by atoms with Gasteiger partial charge in [-0.1, -0.05) is 32.6 Å². The largest absolute Gasteiger partial charge is 0.494 e. The highest BCUT2D eigenvalue weighted by molar-refractivity contribution is 5.91. The first kappa shape index (κ1) is 29.6. The van der Waals surface area contributed by atoms with Gasteiger partial charge >= 0.3 is 11.9 Å². The molecule has 0 atom stereocenters. The topological polar surface area (TPSA) is 83.4 Å². The van der Waals surface area contributed by atoms with Crippen LogP contribution in [0.3, 0.4) is 0 Å². The fourth-order valence-corrected chi connectivity index (χ4v) is 3.62. The lowest BCUT2D eigenvalue weighted by molar-refractivity contribution is 0.0335. The lowest BCUT2D eigenvalue weighted by Crippen LogP contribution is -2.10. The van der Waals surface area contributed by atoms with E-state index in [1.165, 1.54) is 25.7 Å². The van der Waals surface area contributed by atoms with Crippen LogP contribution >= 0.6 is 0 Å². The molecule has 0 aliphatic heterocycles. The summed E-state index contributed by atoms with van der Waals surface area (Å²) in [6, 6.07) is 20.9. The molecule has 0 amide bonds. The van der Waals surface area contributed by atoms with Gasteiger partial charge in [0.1, 0.15) is 18.1 Å². The molecule has 7 heteroatoms. The number of esters is 2. The minimum absolute atomic E-state index is 0.221. The Balaban J connectivity index is 1.44. The molecule has 3 aromatic rings. The number of hydrogen-bond donors (Lipinski definition) is 0.